The average molecular weight is 234 g/mol. The van der Waals surface area contributed by atoms with Gasteiger partial charge in [0, 0.05) is 24.8 Å². The molecule has 1 aromatic rings. The van der Waals surface area contributed by atoms with Crippen LogP contribution >= 0.6 is 0 Å². The van der Waals surface area contributed by atoms with Crippen LogP contribution in [0.1, 0.15) is 25.7 Å². The summed E-state index contributed by atoms with van der Waals surface area (Å²) in [5.74, 6) is 0.910. The van der Waals surface area contributed by atoms with Crippen molar-refractivity contribution in [3.63, 3.8) is 0 Å². The van der Waals surface area contributed by atoms with E-state index in [9.17, 15) is 0 Å². The zero-order valence-electron chi connectivity index (χ0n) is 10.7. The molecule has 94 valence electrons. The van der Waals surface area contributed by atoms with E-state index in [0.29, 0.717) is 12.1 Å². The fourth-order valence-corrected chi connectivity index (χ4v) is 2.52. The Kier molecular flexibility index (Phi) is 3.89. The molecular formula is C14H22N2O. The van der Waals surface area contributed by atoms with E-state index >= 15 is 0 Å². The number of hydrogen-bond acceptors (Lipinski definition) is 3. The van der Waals surface area contributed by atoms with Gasteiger partial charge in [0.25, 0.3) is 0 Å². The van der Waals surface area contributed by atoms with Gasteiger partial charge in [0.15, 0.2) is 0 Å². The Labute approximate surface area is 104 Å². The predicted octanol–water partition coefficient (Wildman–Crippen LogP) is 2.40. The summed E-state index contributed by atoms with van der Waals surface area (Å²) in [6.07, 6.45) is 4.68. The van der Waals surface area contributed by atoms with Crippen LogP contribution in [0.15, 0.2) is 24.3 Å². The van der Waals surface area contributed by atoms with Crippen LogP contribution in [0, 0.1) is 0 Å². The van der Waals surface area contributed by atoms with Crippen LogP contribution in [0.2, 0.25) is 0 Å². The highest BCUT2D eigenvalue weighted by molar-refractivity contribution is 5.49. The summed E-state index contributed by atoms with van der Waals surface area (Å²) >= 11 is 0. The van der Waals surface area contributed by atoms with Crippen molar-refractivity contribution < 1.29 is 4.74 Å². The summed E-state index contributed by atoms with van der Waals surface area (Å²) in [7, 11) is 3.87. The van der Waals surface area contributed by atoms with Crippen LogP contribution in [0.3, 0.4) is 0 Å². The maximum absolute atomic E-state index is 5.94. The van der Waals surface area contributed by atoms with Gasteiger partial charge in [0.2, 0.25) is 0 Å². The van der Waals surface area contributed by atoms with Crippen molar-refractivity contribution in [1.82, 2.24) is 0 Å². The Hall–Kier alpha value is -1.22. The maximum Gasteiger partial charge on any atom is 0.119 e. The molecule has 0 atom stereocenters. The monoisotopic (exact) mass is 234 g/mol. The third-order valence-electron chi connectivity index (χ3n) is 3.77. The van der Waals surface area contributed by atoms with Gasteiger partial charge in [-0.15, -0.1) is 0 Å². The Bertz CT molecular complexity index is 342. The minimum Gasteiger partial charge on any atom is -0.497 e. The van der Waals surface area contributed by atoms with E-state index < -0.39 is 0 Å². The molecule has 3 nitrogen and oxygen atoms in total. The zero-order valence-corrected chi connectivity index (χ0v) is 10.7. The van der Waals surface area contributed by atoms with E-state index in [1.165, 1.54) is 18.5 Å². The van der Waals surface area contributed by atoms with Gasteiger partial charge in [-0.25, -0.2) is 0 Å². The Morgan fingerprint density at radius 1 is 1.12 bits per heavy atom. The minimum atomic E-state index is 0.413. The highest BCUT2D eigenvalue weighted by Crippen LogP contribution is 2.26. The highest BCUT2D eigenvalue weighted by Gasteiger charge is 2.22. The number of ether oxygens (including phenoxy) is 1. The molecule has 0 spiro atoms. The third kappa shape index (κ3) is 2.91. The molecule has 1 aliphatic carbocycles. The van der Waals surface area contributed by atoms with Crippen molar-refractivity contribution in [2.24, 2.45) is 5.73 Å². The maximum atomic E-state index is 5.94. The molecule has 0 amide bonds. The standard InChI is InChI=1S/C14H22N2O/c1-16(12-5-3-11(15)4-6-12)13-7-9-14(17-2)10-8-13/h7-12H,3-6,15H2,1-2H3. The molecule has 3 heteroatoms. The zero-order chi connectivity index (χ0) is 12.3. The largest absolute Gasteiger partial charge is 0.497 e. The summed E-state index contributed by atoms with van der Waals surface area (Å²) in [5.41, 5.74) is 7.19. The van der Waals surface area contributed by atoms with Gasteiger partial charge in [-0.1, -0.05) is 0 Å². The summed E-state index contributed by atoms with van der Waals surface area (Å²) in [6.45, 7) is 0. The molecular weight excluding hydrogens is 212 g/mol. The van der Waals surface area contributed by atoms with Gasteiger partial charge in [-0.05, 0) is 49.9 Å². The van der Waals surface area contributed by atoms with Crippen molar-refractivity contribution in [2.45, 2.75) is 37.8 Å². The fourth-order valence-electron chi connectivity index (χ4n) is 2.52. The van der Waals surface area contributed by atoms with E-state index in [2.05, 4.69) is 24.1 Å². The van der Waals surface area contributed by atoms with Crippen LogP contribution < -0.4 is 15.4 Å². The van der Waals surface area contributed by atoms with Crippen LogP contribution in [0.25, 0.3) is 0 Å². The molecule has 1 saturated carbocycles. The van der Waals surface area contributed by atoms with Crippen molar-refractivity contribution in [3.8, 4) is 5.75 Å². The predicted molar refractivity (Wildman–Crippen MR) is 71.6 cm³/mol. The van der Waals surface area contributed by atoms with Crippen LogP contribution in [0.4, 0.5) is 5.69 Å². The van der Waals surface area contributed by atoms with E-state index in [1.807, 2.05) is 12.1 Å². The lowest BCUT2D eigenvalue weighted by molar-refractivity contribution is 0.384. The molecule has 0 bridgehead atoms. The second-order valence-corrected chi connectivity index (χ2v) is 4.88. The Balaban J connectivity index is 2.00. The van der Waals surface area contributed by atoms with E-state index in [-0.39, 0.29) is 0 Å². The number of hydrogen-bond donors (Lipinski definition) is 1. The second-order valence-electron chi connectivity index (χ2n) is 4.88. The van der Waals surface area contributed by atoms with Crippen molar-refractivity contribution in [3.05, 3.63) is 24.3 Å². The Morgan fingerprint density at radius 3 is 2.24 bits per heavy atom. The highest BCUT2D eigenvalue weighted by atomic mass is 16.5. The van der Waals surface area contributed by atoms with Crippen LogP contribution in [-0.4, -0.2) is 26.2 Å². The molecule has 0 saturated heterocycles. The molecule has 0 aliphatic heterocycles. The summed E-state index contributed by atoms with van der Waals surface area (Å²) in [6, 6.07) is 9.31. The minimum absolute atomic E-state index is 0.413. The summed E-state index contributed by atoms with van der Waals surface area (Å²) in [4.78, 5) is 2.37. The lowest BCUT2D eigenvalue weighted by Gasteiger charge is -2.35. The van der Waals surface area contributed by atoms with Gasteiger partial charge in [-0.2, -0.15) is 0 Å². The number of rotatable bonds is 3. The molecule has 0 heterocycles. The van der Waals surface area contributed by atoms with E-state index in [0.717, 1.165) is 18.6 Å². The number of anilines is 1. The number of methoxy groups -OCH3 is 1. The number of nitrogens with zero attached hydrogens (tertiary/aromatic N) is 1. The van der Waals surface area contributed by atoms with E-state index in [1.54, 1.807) is 7.11 Å². The first-order valence-corrected chi connectivity index (χ1v) is 6.33. The number of nitrogens with two attached hydrogens (primary N) is 1. The lowest BCUT2D eigenvalue weighted by atomic mass is 9.91. The first-order chi connectivity index (χ1) is 8.20. The smallest absolute Gasteiger partial charge is 0.119 e. The molecule has 0 unspecified atom stereocenters. The van der Waals surface area contributed by atoms with Crippen LogP contribution in [0.5, 0.6) is 5.75 Å². The molecule has 0 radical (unpaired) electrons. The quantitative estimate of drug-likeness (QED) is 0.872. The molecule has 2 rings (SSSR count). The molecule has 2 N–H and O–H groups in total. The summed E-state index contributed by atoms with van der Waals surface area (Å²) in [5, 5.41) is 0. The van der Waals surface area contributed by atoms with Gasteiger partial charge in [0.05, 0.1) is 7.11 Å². The van der Waals surface area contributed by atoms with Gasteiger partial charge in [-0.3, -0.25) is 0 Å². The molecule has 17 heavy (non-hydrogen) atoms. The fraction of sp³-hybridized carbons (Fsp3) is 0.571. The first kappa shape index (κ1) is 12.2. The van der Waals surface area contributed by atoms with Crippen molar-refractivity contribution in [2.75, 3.05) is 19.1 Å². The Morgan fingerprint density at radius 2 is 1.71 bits per heavy atom. The normalized spacial score (nSPS) is 24.4. The van der Waals surface area contributed by atoms with Gasteiger partial charge < -0.3 is 15.4 Å². The average Bonchev–Trinajstić information content (AvgIpc) is 2.39. The van der Waals surface area contributed by atoms with Crippen molar-refractivity contribution >= 4 is 5.69 Å². The molecule has 0 aromatic heterocycles. The topological polar surface area (TPSA) is 38.5 Å². The van der Waals surface area contributed by atoms with Gasteiger partial charge >= 0.3 is 0 Å². The van der Waals surface area contributed by atoms with Gasteiger partial charge in [0.1, 0.15) is 5.75 Å². The van der Waals surface area contributed by atoms with E-state index in [4.69, 9.17) is 10.5 Å². The lowest BCUT2D eigenvalue weighted by Crippen LogP contribution is -2.38. The second kappa shape index (κ2) is 5.41. The molecule has 1 aromatic carbocycles. The SMILES string of the molecule is COc1ccc(N(C)C2CCC(N)CC2)cc1. The summed E-state index contributed by atoms with van der Waals surface area (Å²) < 4.78 is 5.17. The number of benzene rings is 1. The first-order valence-electron chi connectivity index (χ1n) is 6.33. The molecule has 1 aliphatic rings. The third-order valence-corrected chi connectivity index (χ3v) is 3.77. The van der Waals surface area contributed by atoms with Crippen molar-refractivity contribution in [1.29, 1.82) is 0 Å². The molecule has 1 fully saturated rings. The van der Waals surface area contributed by atoms with Crippen LogP contribution in [-0.2, 0) is 0 Å².